The largest absolute Gasteiger partial charge is 0.469 e. The molecule has 2 aromatic carbocycles. The number of rotatable bonds is 6. The monoisotopic (exact) mass is 444 g/mol. The van der Waals surface area contributed by atoms with Crippen molar-refractivity contribution in [3.8, 4) is 6.07 Å². The van der Waals surface area contributed by atoms with E-state index in [2.05, 4.69) is 16.4 Å². The molecule has 2 heterocycles. The van der Waals surface area contributed by atoms with E-state index in [1.165, 1.54) is 6.26 Å². The summed E-state index contributed by atoms with van der Waals surface area (Å²) in [6, 6.07) is 19.0. The second kappa shape index (κ2) is 9.12. The normalized spacial score (nSPS) is 18.2. The first-order chi connectivity index (χ1) is 15.5. The number of hydrogen-bond acceptors (Lipinski definition) is 6. The maximum Gasteiger partial charge on any atom is 0.234 e. The molecule has 3 aromatic rings. The van der Waals surface area contributed by atoms with Crippen molar-refractivity contribution in [1.29, 1.82) is 5.26 Å². The molecule has 1 aromatic heterocycles. The van der Waals surface area contributed by atoms with E-state index < -0.39 is 17.7 Å². The van der Waals surface area contributed by atoms with Crippen LogP contribution in [-0.4, -0.2) is 23.3 Å². The molecule has 2 atom stereocenters. The quantitative estimate of drug-likeness (QED) is 0.590. The molecule has 160 valence electrons. The van der Waals surface area contributed by atoms with Crippen LogP contribution in [0.5, 0.6) is 0 Å². The fourth-order valence-corrected chi connectivity index (χ4v) is 4.73. The van der Waals surface area contributed by atoms with E-state index in [1.807, 2.05) is 42.5 Å². The lowest BCUT2D eigenvalue weighted by Gasteiger charge is -2.27. The van der Waals surface area contributed by atoms with E-state index in [4.69, 9.17) is 10.2 Å². The van der Waals surface area contributed by atoms with Crippen molar-refractivity contribution in [3.05, 3.63) is 77.2 Å². The van der Waals surface area contributed by atoms with Gasteiger partial charge in [0.15, 0.2) is 0 Å². The third kappa shape index (κ3) is 4.15. The molecule has 8 heteroatoms. The summed E-state index contributed by atoms with van der Waals surface area (Å²) >= 11 is 1.15. The summed E-state index contributed by atoms with van der Waals surface area (Å²) in [5, 5.41) is 15.1. The lowest BCUT2D eigenvalue weighted by molar-refractivity contribution is -0.120. The van der Waals surface area contributed by atoms with Crippen molar-refractivity contribution in [1.82, 2.24) is 0 Å². The third-order valence-electron chi connectivity index (χ3n) is 5.28. The number of benzene rings is 2. The number of hydrogen-bond donors (Lipinski definition) is 2. The van der Waals surface area contributed by atoms with Crippen LogP contribution in [0.25, 0.3) is 10.8 Å². The number of allylic oxidation sites excluding steroid dienone is 1. The molecule has 7 nitrogen and oxygen atoms in total. The molecule has 1 aliphatic heterocycles. The van der Waals surface area contributed by atoms with Gasteiger partial charge in [-0.1, -0.05) is 48.2 Å². The van der Waals surface area contributed by atoms with Crippen molar-refractivity contribution < 1.29 is 14.0 Å². The fraction of sp³-hybridized carbons (Fsp3) is 0.167. The number of nitrogens with zero attached hydrogens (tertiary/aromatic N) is 2. The Morgan fingerprint density at radius 1 is 1.19 bits per heavy atom. The number of primary amides is 1. The number of furan rings is 1. The van der Waals surface area contributed by atoms with E-state index in [0.29, 0.717) is 22.2 Å². The predicted molar refractivity (Wildman–Crippen MR) is 125 cm³/mol. The molecule has 0 spiro atoms. The highest BCUT2D eigenvalue weighted by molar-refractivity contribution is 8.03. The second-order valence-electron chi connectivity index (χ2n) is 7.32. The Morgan fingerprint density at radius 2 is 1.97 bits per heavy atom. The highest BCUT2D eigenvalue weighted by Gasteiger charge is 2.40. The number of thioether (sulfide) groups is 1. The Kier molecular flexibility index (Phi) is 6.10. The fourth-order valence-electron chi connectivity index (χ4n) is 3.86. The summed E-state index contributed by atoms with van der Waals surface area (Å²) < 4.78 is 5.49. The SMILES string of the molecule is CC1=NC(SCC(=O)Nc2cccc3ccccc23)=C(C#N)[C@H](c2ccco2)C1C(N)=O. The number of carbonyl (C=O) groups excluding carboxylic acids is 2. The van der Waals surface area contributed by atoms with Crippen LogP contribution in [0.1, 0.15) is 18.6 Å². The molecule has 0 saturated carbocycles. The first kappa shape index (κ1) is 21.4. The van der Waals surface area contributed by atoms with E-state index >= 15 is 0 Å². The predicted octanol–water partition coefficient (Wildman–Crippen LogP) is 4.20. The van der Waals surface area contributed by atoms with E-state index in [1.54, 1.807) is 19.1 Å². The Bertz CT molecular complexity index is 1280. The summed E-state index contributed by atoms with van der Waals surface area (Å²) in [6.45, 7) is 1.69. The summed E-state index contributed by atoms with van der Waals surface area (Å²) in [4.78, 5) is 29.2. The Hall–Kier alpha value is -3.83. The van der Waals surface area contributed by atoms with E-state index in [9.17, 15) is 14.9 Å². The van der Waals surface area contributed by atoms with E-state index in [-0.39, 0.29) is 17.2 Å². The molecule has 32 heavy (non-hydrogen) atoms. The second-order valence-corrected chi connectivity index (χ2v) is 8.28. The minimum atomic E-state index is -0.787. The number of fused-ring (bicyclic) bond motifs is 1. The number of nitrogens with one attached hydrogen (secondary N) is 1. The smallest absolute Gasteiger partial charge is 0.234 e. The van der Waals surface area contributed by atoms with Gasteiger partial charge in [-0.25, -0.2) is 4.99 Å². The van der Waals surface area contributed by atoms with Crippen LogP contribution in [0.3, 0.4) is 0 Å². The molecular weight excluding hydrogens is 424 g/mol. The molecule has 2 amide bonds. The maximum atomic E-state index is 12.7. The van der Waals surface area contributed by atoms with Gasteiger partial charge in [0, 0.05) is 16.8 Å². The first-order valence-electron chi connectivity index (χ1n) is 9.92. The first-order valence-corrected chi connectivity index (χ1v) is 10.9. The zero-order valence-corrected chi connectivity index (χ0v) is 18.1. The van der Waals surface area contributed by atoms with Gasteiger partial charge in [0.25, 0.3) is 0 Å². The van der Waals surface area contributed by atoms with Gasteiger partial charge in [-0.15, -0.1) is 0 Å². The van der Waals surface area contributed by atoms with Gasteiger partial charge in [-0.05, 0) is 30.5 Å². The van der Waals surface area contributed by atoms with Gasteiger partial charge in [0.05, 0.1) is 35.5 Å². The van der Waals surface area contributed by atoms with Gasteiger partial charge in [-0.3, -0.25) is 9.59 Å². The van der Waals surface area contributed by atoms with Crippen molar-refractivity contribution in [2.24, 2.45) is 16.6 Å². The van der Waals surface area contributed by atoms with Crippen LogP contribution in [0.2, 0.25) is 0 Å². The lowest BCUT2D eigenvalue weighted by atomic mass is 9.80. The lowest BCUT2D eigenvalue weighted by Crippen LogP contribution is -2.37. The zero-order valence-electron chi connectivity index (χ0n) is 17.2. The Labute approximate surface area is 189 Å². The zero-order chi connectivity index (χ0) is 22.7. The van der Waals surface area contributed by atoms with Gasteiger partial charge in [-0.2, -0.15) is 5.26 Å². The summed E-state index contributed by atoms with van der Waals surface area (Å²) in [5.74, 6) is -1.77. The number of anilines is 1. The molecule has 0 fully saturated rings. The maximum absolute atomic E-state index is 12.7. The molecule has 0 aliphatic carbocycles. The van der Waals surface area contributed by atoms with Crippen molar-refractivity contribution >= 4 is 45.7 Å². The molecule has 0 radical (unpaired) electrons. The molecule has 1 unspecified atom stereocenters. The Balaban J connectivity index is 1.57. The molecular formula is C24H20N4O3S. The number of aliphatic imine (C=N–C) groups is 1. The third-order valence-corrected chi connectivity index (χ3v) is 6.27. The van der Waals surface area contributed by atoms with Crippen LogP contribution >= 0.6 is 11.8 Å². The van der Waals surface area contributed by atoms with Crippen LogP contribution in [0.15, 0.2) is 80.9 Å². The topological polar surface area (TPSA) is 121 Å². The Morgan fingerprint density at radius 3 is 2.69 bits per heavy atom. The van der Waals surface area contributed by atoms with E-state index in [0.717, 1.165) is 22.5 Å². The summed E-state index contributed by atoms with van der Waals surface area (Å²) in [5.41, 5.74) is 7.06. The van der Waals surface area contributed by atoms with Crippen molar-refractivity contribution in [3.63, 3.8) is 0 Å². The number of amides is 2. The van der Waals surface area contributed by atoms with Crippen LogP contribution in [-0.2, 0) is 9.59 Å². The minimum Gasteiger partial charge on any atom is -0.469 e. The van der Waals surface area contributed by atoms with Gasteiger partial charge < -0.3 is 15.5 Å². The highest BCUT2D eigenvalue weighted by Crippen LogP contribution is 2.41. The molecule has 0 bridgehead atoms. The highest BCUT2D eigenvalue weighted by atomic mass is 32.2. The van der Waals surface area contributed by atoms with Crippen LogP contribution in [0.4, 0.5) is 5.69 Å². The molecule has 1 aliphatic rings. The van der Waals surface area contributed by atoms with Crippen LogP contribution < -0.4 is 11.1 Å². The van der Waals surface area contributed by atoms with Crippen molar-refractivity contribution in [2.45, 2.75) is 12.8 Å². The molecule has 3 N–H and O–H groups in total. The van der Waals surface area contributed by atoms with Crippen molar-refractivity contribution in [2.75, 3.05) is 11.1 Å². The molecule has 4 rings (SSSR count). The summed E-state index contributed by atoms with van der Waals surface area (Å²) in [6.07, 6.45) is 1.48. The van der Waals surface area contributed by atoms with Crippen LogP contribution in [0, 0.1) is 17.2 Å². The number of carbonyl (C=O) groups is 2. The van der Waals surface area contributed by atoms with Gasteiger partial charge in [0.1, 0.15) is 10.8 Å². The minimum absolute atomic E-state index is 0.0482. The van der Waals surface area contributed by atoms with Gasteiger partial charge in [0.2, 0.25) is 11.8 Å². The van der Waals surface area contributed by atoms with Gasteiger partial charge >= 0.3 is 0 Å². The number of nitrogens with two attached hydrogens (primary N) is 1. The average Bonchev–Trinajstić information content (AvgIpc) is 3.32. The summed E-state index contributed by atoms with van der Waals surface area (Å²) in [7, 11) is 0. The standard InChI is InChI=1S/C24H20N4O3S/c1-14-21(23(26)30)22(19-10-5-11-31-19)17(12-25)24(27-14)32-13-20(29)28-18-9-4-7-15-6-2-3-8-16(15)18/h2-11,21-22H,13H2,1H3,(H2,26,30)(H,28,29)/t21?,22-/m1/s1. The average molecular weight is 445 g/mol. The molecule has 0 saturated heterocycles. The number of nitriles is 1.